The number of halogens is 1. The van der Waals surface area contributed by atoms with Crippen LogP contribution in [-0.2, 0) is 10.0 Å². The van der Waals surface area contributed by atoms with Gasteiger partial charge in [-0.25, -0.2) is 8.42 Å². The van der Waals surface area contributed by atoms with Crippen LogP contribution in [0.4, 0.5) is 5.69 Å². The fourth-order valence-electron chi connectivity index (χ4n) is 3.26. The topological polar surface area (TPSA) is 78.5 Å². The second-order valence-electron chi connectivity index (χ2n) is 6.34. The van der Waals surface area contributed by atoms with Crippen molar-refractivity contribution in [2.75, 3.05) is 23.1 Å². The van der Waals surface area contributed by atoms with Crippen molar-refractivity contribution in [2.24, 2.45) is 0 Å². The minimum Gasteiger partial charge on any atom is -0.349 e. The van der Waals surface area contributed by atoms with Gasteiger partial charge in [0.1, 0.15) is 0 Å². The monoisotopic (exact) mass is 373 g/mol. The van der Waals surface area contributed by atoms with E-state index in [0.717, 1.165) is 19.4 Å². The summed E-state index contributed by atoms with van der Waals surface area (Å²) in [5.41, 5.74) is 1.09. The summed E-state index contributed by atoms with van der Waals surface area (Å²) < 4.78 is 25.4. The molecule has 2 atom stereocenters. The molecule has 2 saturated heterocycles. The molecule has 0 saturated carbocycles. The Morgan fingerprint density at radius 3 is 2.83 bits per heavy atom. The van der Waals surface area contributed by atoms with E-state index in [1.807, 2.05) is 0 Å². The summed E-state index contributed by atoms with van der Waals surface area (Å²) in [6.45, 7) is 3.49. The van der Waals surface area contributed by atoms with Crippen molar-refractivity contribution in [3.8, 4) is 0 Å². The van der Waals surface area contributed by atoms with Gasteiger partial charge in [0.05, 0.1) is 11.4 Å². The molecule has 24 heavy (non-hydrogen) atoms. The molecule has 0 bridgehead atoms. The summed E-state index contributed by atoms with van der Waals surface area (Å²) in [4.78, 5) is 12.4. The van der Waals surface area contributed by atoms with Gasteiger partial charge >= 0.3 is 0 Å². The van der Waals surface area contributed by atoms with Crippen molar-refractivity contribution in [3.63, 3.8) is 0 Å². The highest BCUT2D eigenvalue weighted by Gasteiger charge is 2.29. The third-order valence-corrected chi connectivity index (χ3v) is 6.32. The maximum Gasteiger partial charge on any atom is 0.251 e. The van der Waals surface area contributed by atoms with Crippen LogP contribution in [0.3, 0.4) is 0 Å². The zero-order valence-corrected chi connectivity index (χ0v) is 15.3. The van der Waals surface area contributed by atoms with Gasteiger partial charge in [0.15, 0.2) is 0 Å². The van der Waals surface area contributed by atoms with Crippen molar-refractivity contribution in [2.45, 2.75) is 38.3 Å². The Morgan fingerprint density at radius 2 is 2.17 bits per heavy atom. The first-order valence-electron chi connectivity index (χ1n) is 8.10. The van der Waals surface area contributed by atoms with E-state index in [1.54, 1.807) is 24.3 Å². The lowest BCUT2D eigenvalue weighted by molar-refractivity contribution is 0.0925. The Morgan fingerprint density at radius 1 is 1.38 bits per heavy atom. The highest BCUT2D eigenvalue weighted by atomic mass is 35.5. The fraction of sp³-hybridized carbons (Fsp3) is 0.562. The van der Waals surface area contributed by atoms with Crippen LogP contribution < -0.4 is 14.9 Å². The summed E-state index contributed by atoms with van der Waals surface area (Å²) >= 11 is 0. The molecule has 8 heteroatoms. The molecular formula is C16H24ClN3O3S. The normalized spacial score (nSPS) is 25.8. The average Bonchev–Trinajstić information content (AvgIpc) is 2.87. The molecule has 2 aliphatic heterocycles. The van der Waals surface area contributed by atoms with E-state index in [4.69, 9.17) is 0 Å². The number of hydrogen-bond donors (Lipinski definition) is 2. The van der Waals surface area contributed by atoms with Gasteiger partial charge in [-0.05, 0) is 50.9 Å². The summed E-state index contributed by atoms with van der Waals surface area (Å²) in [5, 5.41) is 6.41. The fourth-order valence-corrected chi connectivity index (χ4v) is 4.82. The van der Waals surface area contributed by atoms with Crippen LogP contribution in [0.5, 0.6) is 0 Å². The first-order chi connectivity index (χ1) is 11.0. The van der Waals surface area contributed by atoms with Crippen molar-refractivity contribution >= 4 is 34.0 Å². The van der Waals surface area contributed by atoms with Crippen molar-refractivity contribution in [1.82, 2.24) is 10.6 Å². The number of nitrogens with one attached hydrogen (secondary N) is 2. The number of nitrogens with zero attached hydrogens (tertiary/aromatic N) is 1. The van der Waals surface area contributed by atoms with Gasteiger partial charge in [-0.15, -0.1) is 12.4 Å². The number of anilines is 1. The Balaban J connectivity index is 0.00000208. The SMILES string of the molecule is CC1CC(NC(=O)c2cccc(N3CCCS3(=O)=O)c2)CCN1.Cl. The molecule has 6 nitrogen and oxygen atoms in total. The molecule has 2 aliphatic rings. The first-order valence-corrected chi connectivity index (χ1v) is 9.71. The van der Waals surface area contributed by atoms with E-state index in [1.165, 1.54) is 4.31 Å². The quantitative estimate of drug-likeness (QED) is 0.842. The second kappa shape index (κ2) is 7.72. The predicted octanol–water partition coefficient (Wildman–Crippen LogP) is 1.52. The van der Waals surface area contributed by atoms with Crippen LogP contribution in [0.2, 0.25) is 0 Å². The Hall–Kier alpha value is -1.31. The van der Waals surface area contributed by atoms with Gasteiger partial charge in [0.25, 0.3) is 5.91 Å². The lowest BCUT2D eigenvalue weighted by atomic mass is 10.00. The number of carbonyl (C=O) groups is 1. The molecule has 2 N–H and O–H groups in total. The lowest BCUT2D eigenvalue weighted by Gasteiger charge is -2.28. The molecule has 0 spiro atoms. The third-order valence-electron chi connectivity index (χ3n) is 4.45. The maximum atomic E-state index is 12.4. The van der Waals surface area contributed by atoms with E-state index in [9.17, 15) is 13.2 Å². The van der Waals surface area contributed by atoms with Crippen LogP contribution in [0, 0.1) is 0 Å². The molecule has 0 radical (unpaired) electrons. The molecule has 0 aliphatic carbocycles. The van der Waals surface area contributed by atoms with Crippen LogP contribution >= 0.6 is 12.4 Å². The predicted molar refractivity (Wildman–Crippen MR) is 97.4 cm³/mol. The van der Waals surface area contributed by atoms with Crippen molar-refractivity contribution < 1.29 is 13.2 Å². The van der Waals surface area contributed by atoms with E-state index in [0.29, 0.717) is 30.3 Å². The second-order valence-corrected chi connectivity index (χ2v) is 8.35. The van der Waals surface area contributed by atoms with Gasteiger partial charge in [-0.1, -0.05) is 6.07 Å². The number of benzene rings is 1. The highest BCUT2D eigenvalue weighted by molar-refractivity contribution is 7.93. The minimum absolute atomic E-state index is 0. The van der Waals surface area contributed by atoms with Crippen molar-refractivity contribution in [1.29, 1.82) is 0 Å². The number of sulfonamides is 1. The largest absolute Gasteiger partial charge is 0.349 e. The van der Waals surface area contributed by atoms with Crippen LogP contribution in [-0.4, -0.2) is 45.3 Å². The van der Waals surface area contributed by atoms with Gasteiger partial charge < -0.3 is 10.6 Å². The summed E-state index contributed by atoms with van der Waals surface area (Å²) in [6, 6.07) is 7.44. The maximum absolute atomic E-state index is 12.4. The minimum atomic E-state index is -3.22. The van der Waals surface area contributed by atoms with Gasteiger partial charge in [0, 0.05) is 24.2 Å². The molecule has 1 aromatic carbocycles. The molecule has 134 valence electrons. The van der Waals surface area contributed by atoms with Crippen molar-refractivity contribution in [3.05, 3.63) is 29.8 Å². The molecule has 1 amide bonds. The number of amides is 1. The number of rotatable bonds is 3. The number of piperidine rings is 1. The molecule has 2 fully saturated rings. The number of hydrogen-bond acceptors (Lipinski definition) is 4. The van der Waals surface area contributed by atoms with Gasteiger partial charge in [0.2, 0.25) is 10.0 Å². The zero-order valence-electron chi connectivity index (χ0n) is 13.7. The van der Waals surface area contributed by atoms with E-state index in [-0.39, 0.29) is 30.1 Å². The van der Waals surface area contributed by atoms with Gasteiger partial charge in [-0.3, -0.25) is 9.10 Å². The van der Waals surface area contributed by atoms with Crippen LogP contribution in [0.25, 0.3) is 0 Å². The average molecular weight is 374 g/mol. The standard InChI is InChI=1S/C16H23N3O3S.ClH/c1-12-10-14(6-7-17-12)18-16(20)13-4-2-5-15(11-13)19-8-3-9-23(19,21)22;/h2,4-5,11-12,14,17H,3,6-10H2,1H3,(H,18,20);1H. The van der Waals surface area contributed by atoms with E-state index < -0.39 is 10.0 Å². The molecule has 2 unspecified atom stereocenters. The van der Waals surface area contributed by atoms with E-state index in [2.05, 4.69) is 17.6 Å². The summed E-state index contributed by atoms with van der Waals surface area (Å²) in [5.74, 6) is 0.0404. The Kier molecular flexibility index (Phi) is 6.11. The smallest absolute Gasteiger partial charge is 0.251 e. The van der Waals surface area contributed by atoms with Gasteiger partial charge in [-0.2, -0.15) is 0 Å². The molecule has 2 heterocycles. The van der Waals surface area contributed by atoms with Crippen LogP contribution in [0.15, 0.2) is 24.3 Å². The highest BCUT2D eigenvalue weighted by Crippen LogP contribution is 2.24. The van der Waals surface area contributed by atoms with Crippen LogP contribution in [0.1, 0.15) is 36.5 Å². The number of carbonyl (C=O) groups excluding carboxylic acids is 1. The summed E-state index contributed by atoms with van der Waals surface area (Å²) in [6.07, 6.45) is 2.45. The molecule has 0 aromatic heterocycles. The molecular weight excluding hydrogens is 350 g/mol. The third kappa shape index (κ3) is 4.20. The zero-order chi connectivity index (χ0) is 16.4. The molecule has 1 aromatic rings. The molecule has 3 rings (SSSR count). The summed E-state index contributed by atoms with van der Waals surface area (Å²) in [7, 11) is -3.22. The Labute approximate surface area is 149 Å². The Bertz CT molecular complexity index is 696. The van der Waals surface area contributed by atoms with E-state index >= 15 is 0 Å². The lowest BCUT2D eigenvalue weighted by Crippen LogP contribution is -2.46. The first kappa shape index (κ1) is 19.0.